The lowest BCUT2D eigenvalue weighted by atomic mass is 10.0. The van der Waals surface area contributed by atoms with Gasteiger partial charge in [0.25, 0.3) is 0 Å². The van der Waals surface area contributed by atoms with E-state index in [1.807, 2.05) is 18.3 Å². The number of ether oxygens (including phenoxy) is 1. The summed E-state index contributed by atoms with van der Waals surface area (Å²) in [4.78, 5) is 4.22. The van der Waals surface area contributed by atoms with Crippen molar-refractivity contribution >= 4 is 18.6 Å². The highest BCUT2D eigenvalue weighted by atomic mass is 35.5. The highest BCUT2D eigenvalue weighted by molar-refractivity contribution is 5.86. The molecular weight excluding hydrogens is 186 g/mol. The molecule has 2 nitrogen and oxygen atoms in total. The van der Waals surface area contributed by atoms with E-state index in [9.17, 15) is 0 Å². The van der Waals surface area contributed by atoms with Gasteiger partial charge in [-0.05, 0) is 18.1 Å². The largest absolute Gasteiger partial charge is 0.496 e. The molecule has 0 N–H and O–H groups in total. The minimum absolute atomic E-state index is 0. The quantitative estimate of drug-likeness (QED) is 0.676. The molecule has 0 saturated carbocycles. The predicted octanol–water partition coefficient (Wildman–Crippen LogP) is 2.09. The molecule has 70 valence electrons. The fourth-order valence-electron chi connectivity index (χ4n) is 1.47. The fraction of sp³-hybridized carbons (Fsp3) is 0.300. The van der Waals surface area contributed by atoms with Crippen molar-refractivity contribution in [2.75, 3.05) is 13.7 Å². The second-order valence-electron chi connectivity index (χ2n) is 2.82. The van der Waals surface area contributed by atoms with Gasteiger partial charge >= 0.3 is 0 Å². The van der Waals surface area contributed by atoms with E-state index in [4.69, 9.17) is 4.74 Å². The number of rotatable bonds is 1. The summed E-state index contributed by atoms with van der Waals surface area (Å²) in [5.74, 6) is 0.927. The fourth-order valence-corrected chi connectivity index (χ4v) is 1.47. The Labute approximate surface area is 84.0 Å². The van der Waals surface area contributed by atoms with E-state index in [0.717, 1.165) is 24.3 Å². The van der Waals surface area contributed by atoms with E-state index in [1.165, 1.54) is 5.56 Å². The van der Waals surface area contributed by atoms with Gasteiger partial charge in [-0.2, -0.15) is 0 Å². The van der Waals surface area contributed by atoms with Crippen LogP contribution >= 0.6 is 12.4 Å². The van der Waals surface area contributed by atoms with Crippen molar-refractivity contribution in [2.24, 2.45) is 4.99 Å². The monoisotopic (exact) mass is 197 g/mol. The Kier molecular flexibility index (Phi) is 3.32. The summed E-state index contributed by atoms with van der Waals surface area (Å²) in [5, 5.41) is 0. The zero-order valence-corrected chi connectivity index (χ0v) is 8.30. The number of benzene rings is 1. The highest BCUT2D eigenvalue weighted by Crippen LogP contribution is 2.22. The van der Waals surface area contributed by atoms with E-state index < -0.39 is 0 Å². The van der Waals surface area contributed by atoms with Crippen LogP contribution in [-0.2, 0) is 6.42 Å². The molecule has 0 amide bonds. The zero-order chi connectivity index (χ0) is 8.39. The standard InChI is InChI=1S/C10H11NO.ClH/c1-12-10-4-2-3-8-5-6-11-7-9(8)10;/h2-4,7H,5-6H2,1H3;1H. The minimum Gasteiger partial charge on any atom is -0.496 e. The molecule has 1 aromatic rings. The van der Waals surface area contributed by atoms with Crippen molar-refractivity contribution in [3.05, 3.63) is 29.3 Å². The second kappa shape index (κ2) is 4.28. The molecule has 0 radical (unpaired) electrons. The maximum absolute atomic E-state index is 5.22. The van der Waals surface area contributed by atoms with Crippen LogP contribution in [0.2, 0.25) is 0 Å². The molecule has 2 rings (SSSR count). The first-order valence-corrected chi connectivity index (χ1v) is 4.07. The summed E-state index contributed by atoms with van der Waals surface area (Å²) in [6.07, 6.45) is 2.93. The number of nitrogens with zero attached hydrogens (tertiary/aromatic N) is 1. The van der Waals surface area contributed by atoms with Crippen LogP contribution in [0.5, 0.6) is 5.75 Å². The van der Waals surface area contributed by atoms with Crippen LogP contribution in [0.3, 0.4) is 0 Å². The summed E-state index contributed by atoms with van der Waals surface area (Å²) in [6, 6.07) is 6.12. The summed E-state index contributed by atoms with van der Waals surface area (Å²) in [7, 11) is 1.69. The van der Waals surface area contributed by atoms with Crippen LogP contribution < -0.4 is 4.74 Å². The summed E-state index contributed by atoms with van der Waals surface area (Å²) >= 11 is 0. The Balaban J connectivity index is 0.000000845. The summed E-state index contributed by atoms with van der Waals surface area (Å²) < 4.78 is 5.22. The average Bonchev–Trinajstić information content (AvgIpc) is 2.17. The minimum atomic E-state index is 0. The van der Waals surface area contributed by atoms with Gasteiger partial charge in [-0.1, -0.05) is 12.1 Å². The van der Waals surface area contributed by atoms with Crippen molar-refractivity contribution in [3.8, 4) is 5.75 Å². The smallest absolute Gasteiger partial charge is 0.127 e. The molecule has 0 saturated heterocycles. The Bertz CT molecular complexity index is 323. The Morgan fingerprint density at radius 1 is 1.38 bits per heavy atom. The van der Waals surface area contributed by atoms with Gasteiger partial charge in [0.1, 0.15) is 5.75 Å². The first-order valence-electron chi connectivity index (χ1n) is 4.07. The first-order chi connectivity index (χ1) is 5.92. The number of fused-ring (bicyclic) bond motifs is 1. The number of aliphatic imine (C=N–C) groups is 1. The molecule has 0 aromatic heterocycles. The molecule has 0 bridgehead atoms. The molecule has 1 aromatic carbocycles. The molecule has 0 aliphatic carbocycles. The van der Waals surface area contributed by atoms with Crippen LogP contribution in [0.15, 0.2) is 23.2 Å². The van der Waals surface area contributed by atoms with Gasteiger partial charge < -0.3 is 4.74 Å². The molecule has 3 heteroatoms. The Morgan fingerprint density at radius 3 is 3.00 bits per heavy atom. The third kappa shape index (κ3) is 1.83. The second-order valence-corrected chi connectivity index (χ2v) is 2.82. The van der Waals surface area contributed by atoms with Gasteiger partial charge in [0, 0.05) is 18.3 Å². The van der Waals surface area contributed by atoms with E-state index in [-0.39, 0.29) is 12.4 Å². The first kappa shape index (κ1) is 10.1. The van der Waals surface area contributed by atoms with Gasteiger partial charge in [-0.15, -0.1) is 12.4 Å². The number of halogens is 1. The Hall–Kier alpha value is -1.02. The lowest BCUT2D eigenvalue weighted by Gasteiger charge is -2.12. The molecule has 0 atom stereocenters. The van der Waals surface area contributed by atoms with E-state index in [0.29, 0.717) is 0 Å². The lowest BCUT2D eigenvalue weighted by Crippen LogP contribution is -2.04. The molecule has 13 heavy (non-hydrogen) atoms. The predicted molar refractivity (Wildman–Crippen MR) is 56.4 cm³/mol. The highest BCUT2D eigenvalue weighted by Gasteiger charge is 2.08. The maximum Gasteiger partial charge on any atom is 0.127 e. The van der Waals surface area contributed by atoms with Crippen molar-refractivity contribution in [1.82, 2.24) is 0 Å². The summed E-state index contributed by atoms with van der Waals surface area (Å²) in [5.41, 5.74) is 2.48. The Morgan fingerprint density at radius 2 is 2.23 bits per heavy atom. The number of methoxy groups -OCH3 is 1. The van der Waals surface area contributed by atoms with Crippen molar-refractivity contribution in [3.63, 3.8) is 0 Å². The topological polar surface area (TPSA) is 21.6 Å². The van der Waals surface area contributed by atoms with E-state index in [1.54, 1.807) is 7.11 Å². The molecule has 1 heterocycles. The van der Waals surface area contributed by atoms with Crippen molar-refractivity contribution < 1.29 is 4.74 Å². The average molecular weight is 198 g/mol. The van der Waals surface area contributed by atoms with Gasteiger partial charge in [0.2, 0.25) is 0 Å². The van der Waals surface area contributed by atoms with Crippen LogP contribution in [0.1, 0.15) is 11.1 Å². The van der Waals surface area contributed by atoms with E-state index >= 15 is 0 Å². The van der Waals surface area contributed by atoms with Gasteiger partial charge in [-0.3, -0.25) is 4.99 Å². The normalized spacial score (nSPS) is 13.0. The van der Waals surface area contributed by atoms with Gasteiger partial charge in [0.05, 0.1) is 7.11 Å². The third-order valence-corrected chi connectivity index (χ3v) is 2.11. The van der Waals surface area contributed by atoms with E-state index in [2.05, 4.69) is 11.1 Å². The van der Waals surface area contributed by atoms with Crippen LogP contribution in [-0.4, -0.2) is 19.9 Å². The maximum atomic E-state index is 5.22. The van der Waals surface area contributed by atoms with Gasteiger partial charge in [0.15, 0.2) is 0 Å². The molecule has 1 aliphatic heterocycles. The number of hydrogen-bond acceptors (Lipinski definition) is 2. The molecule has 0 unspecified atom stereocenters. The molecule has 0 fully saturated rings. The van der Waals surface area contributed by atoms with Crippen molar-refractivity contribution in [2.45, 2.75) is 6.42 Å². The van der Waals surface area contributed by atoms with Crippen LogP contribution in [0.4, 0.5) is 0 Å². The van der Waals surface area contributed by atoms with Gasteiger partial charge in [-0.25, -0.2) is 0 Å². The third-order valence-electron chi connectivity index (χ3n) is 2.11. The summed E-state index contributed by atoms with van der Waals surface area (Å²) in [6.45, 7) is 0.903. The van der Waals surface area contributed by atoms with Crippen LogP contribution in [0.25, 0.3) is 0 Å². The lowest BCUT2D eigenvalue weighted by molar-refractivity contribution is 0.413. The molecule has 1 aliphatic rings. The zero-order valence-electron chi connectivity index (χ0n) is 7.49. The molecule has 0 spiro atoms. The SMILES string of the molecule is COc1cccc2c1C=NCC2.Cl. The van der Waals surface area contributed by atoms with Crippen LogP contribution in [0, 0.1) is 0 Å². The molecular formula is C10H12ClNO. The number of hydrogen-bond donors (Lipinski definition) is 0. The van der Waals surface area contributed by atoms with Crippen molar-refractivity contribution in [1.29, 1.82) is 0 Å².